The van der Waals surface area contributed by atoms with Gasteiger partial charge < -0.3 is 4.57 Å². The zero-order valence-electron chi connectivity index (χ0n) is 28.3. The van der Waals surface area contributed by atoms with Crippen LogP contribution in [0.3, 0.4) is 0 Å². The van der Waals surface area contributed by atoms with Gasteiger partial charge in [0, 0.05) is 39.9 Å². The average molecular weight is 599 g/mol. The normalized spacial score (nSPS) is 24.3. The van der Waals surface area contributed by atoms with Gasteiger partial charge in [0.25, 0.3) is 5.82 Å². The number of hydrogen-bond acceptors (Lipinski definition) is 0. The molecule has 0 bridgehead atoms. The van der Waals surface area contributed by atoms with Crippen LogP contribution in [0, 0.1) is 0 Å². The molecule has 0 amide bonds. The minimum atomic E-state index is -0.0174. The van der Waals surface area contributed by atoms with E-state index in [2.05, 4.69) is 115 Å². The van der Waals surface area contributed by atoms with E-state index in [1.165, 1.54) is 109 Å². The first-order valence-electron chi connectivity index (χ1n) is 18.2. The van der Waals surface area contributed by atoms with Gasteiger partial charge in [0.1, 0.15) is 23.6 Å². The Bertz CT molecular complexity index is 1890. The monoisotopic (exact) mass is 598 g/mol. The van der Waals surface area contributed by atoms with Crippen molar-refractivity contribution in [1.29, 1.82) is 0 Å². The van der Waals surface area contributed by atoms with Gasteiger partial charge in [-0.25, -0.2) is 4.57 Å². The fourth-order valence-corrected chi connectivity index (χ4v) is 10.2. The molecule has 0 spiro atoms. The third kappa shape index (κ3) is 4.04. The summed E-state index contributed by atoms with van der Waals surface area (Å²) in [5.41, 5.74) is 10.6. The number of rotatable bonds is 5. The highest BCUT2D eigenvalue weighted by Crippen LogP contribution is 2.52. The van der Waals surface area contributed by atoms with Gasteiger partial charge in [-0.2, -0.15) is 4.57 Å². The van der Waals surface area contributed by atoms with Crippen molar-refractivity contribution in [2.45, 2.75) is 128 Å². The molecular formula is C42H52N3+. The van der Waals surface area contributed by atoms with E-state index in [1.807, 2.05) is 0 Å². The maximum absolute atomic E-state index is 2.70. The number of para-hydroxylation sites is 1. The Kier molecular flexibility index (Phi) is 7.04. The summed E-state index contributed by atoms with van der Waals surface area (Å²) < 4.78 is 7.94. The molecule has 2 aromatic heterocycles. The summed E-state index contributed by atoms with van der Waals surface area (Å²) >= 11 is 0. The van der Waals surface area contributed by atoms with E-state index in [1.54, 1.807) is 11.1 Å². The van der Waals surface area contributed by atoms with Crippen LogP contribution in [0.2, 0.25) is 0 Å². The average Bonchev–Trinajstić information content (AvgIpc) is 3.67. The Morgan fingerprint density at radius 2 is 1.44 bits per heavy atom. The van der Waals surface area contributed by atoms with E-state index >= 15 is 0 Å². The molecule has 3 heteroatoms. The molecule has 5 aromatic rings. The van der Waals surface area contributed by atoms with Crippen LogP contribution in [0.1, 0.15) is 133 Å². The highest BCUT2D eigenvalue weighted by Gasteiger charge is 2.55. The van der Waals surface area contributed by atoms with Crippen LogP contribution >= 0.6 is 0 Å². The summed E-state index contributed by atoms with van der Waals surface area (Å²) in [4.78, 5) is 0. The number of aromatic nitrogens is 3. The van der Waals surface area contributed by atoms with Gasteiger partial charge in [0.05, 0.1) is 11.1 Å². The Labute approximate surface area is 270 Å². The summed E-state index contributed by atoms with van der Waals surface area (Å²) in [6, 6.07) is 21.2. The van der Waals surface area contributed by atoms with Gasteiger partial charge in [0.2, 0.25) is 0 Å². The Balaban J connectivity index is 1.52. The van der Waals surface area contributed by atoms with Crippen molar-refractivity contribution in [3.05, 3.63) is 83.7 Å². The smallest absolute Gasteiger partial charge is 0.294 e. The number of fused-ring (bicyclic) bond motifs is 6. The van der Waals surface area contributed by atoms with Gasteiger partial charge in [-0.1, -0.05) is 95.7 Å². The SMILES string of the molecule is CCC1(C)c2ccccc2-c2n(-c3c(C4CCCCC4)cc4c5ccccc5n(C)c4c3C3CCCCC3)cc[n+]2C1(C)CC. The van der Waals surface area contributed by atoms with Gasteiger partial charge in [-0.3, -0.25) is 0 Å². The third-order valence-corrected chi connectivity index (χ3v) is 13.2. The first-order chi connectivity index (χ1) is 21.9. The number of aryl methyl sites for hydroxylation is 1. The van der Waals surface area contributed by atoms with Crippen molar-refractivity contribution >= 4 is 21.8 Å². The molecule has 2 atom stereocenters. The second kappa shape index (κ2) is 10.9. The number of benzene rings is 3. The quantitative estimate of drug-likeness (QED) is 0.179. The fraction of sp³-hybridized carbons (Fsp3) is 0.500. The van der Waals surface area contributed by atoms with Crippen LogP contribution < -0.4 is 4.57 Å². The van der Waals surface area contributed by atoms with Crippen molar-refractivity contribution in [3.8, 4) is 17.1 Å². The lowest BCUT2D eigenvalue weighted by molar-refractivity contribution is -0.764. The number of imidazole rings is 1. The van der Waals surface area contributed by atoms with Crippen LogP contribution in [-0.2, 0) is 18.0 Å². The van der Waals surface area contributed by atoms with Gasteiger partial charge in [-0.15, -0.1) is 0 Å². The van der Waals surface area contributed by atoms with Crippen molar-refractivity contribution in [2.24, 2.45) is 7.05 Å². The molecule has 2 saturated carbocycles. The van der Waals surface area contributed by atoms with Gasteiger partial charge in [-0.05, 0) is 81.0 Å². The molecule has 1 aliphatic heterocycles. The largest absolute Gasteiger partial charge is 0.343 e. The van der Waals surface area contributed by atoms with Crippen LogP contribution in [-0.4, -0.2) is 9.13 Å². The zero-order valence-corrected chi connectivity index (χ0v) is 28.3. The molecule has 45 heavy (non-hydrogen) atoms. The number of nitrogens with zero attached hydrogens (tertiary/aromatic N) is 3. The van der Waals surface area contributed by atoms with Crippen LogP contribution in [0.15, 0.2) is 67.0 Å². The fourth-order valence-electron chi connectivity index (χ4n) is 10.2. The maximum atomic E-state index is 2.70. The molecule has 3 nitrogen and oxygen atoms in total. The minimum absolute atomic E-state index is 0.0174. The zero-order chi connectivity index (χ0) is 30.9. The molecule has 3 aliphatic rings. The maximum Gasteiger partial charge on any atom is 0.294 e. The topological polar surface area (TPSA) is 13.7 Å². The molecule has 0 saturated heterocycles. The molecule has 3 aromatic carbocycles. The van der Waals surface area contributed by atoms with E-state index in [-0.39, 0.29) is 11.0 Å². The summed E-state index contributed by atoms with van der Waals surface area (Å²) in [6.07, 6.45) is 20.5. The van der Waals surface area contributed by atoms with Crippen molar-refractivity contribution in [2.75, 3.05) is 0 Å². The second-order valence-corrected chi connectivity index (χ2v) is 15.1. The van der Waals surface area contributed by atoms with E-state index in [4.69, 9.17) is 0 Å². The first-order valence-corrected chi connectivity index (χ1v) is 18.2. The molecule has 8 rings (SSSR count). The van der Waals surface area contributed by atoms with Crippen LogP contribution in [0.25, 0.3) is 38.9 Å². The molecule has 2 aliphatic carbocycles. The van der Waals surface area contributed by atoms with E-state index in [0.717, 1.165) is 12.8 Å². The molecule has 2 fully saturated rings. The predicted molar refractivity (Wildman–Crippen MR) is 189 cm³/mol. The molecular weight excluding hydrogens is 546 g/mol. The Hall–Kier alpha value is -3.33. The third-order valence-electron chi connectivity index (χ3n) is 13.2. The predicted octanol–water partition coefficient (Wildman–Crippen LogP) is 11.0. The molecule has 2 unspecified atom stereocenters. The van der Waals surface area contributed by atoms with Gasteiger partial charge in [0.15, 0.2) is 0 Å². The standard InChI is InChI=1S/C42H52N3/c1-6-41(3)35-24-16-14-23-32(35)40-44(26-27-45(40)42(41,4)7-2)39-33(29-18-10-8-11-19-29)28-34-31-22-15-17-25-36(31)43(5)38(34)37(39)30-20-12-9-13-21-30/h14-17,22-30H,6-13,18-21H2,1-5H3/q+1. The first kappa shape index (κ1) is 29.1. The summed E-state index contributed by atoms with van der Waals surface area (Å²) in [5.74, 6) is 2.58. The van der Waals surface area contributed by atoms with Crippen LogP contribution in [0.4, 0.5) is 0 Å². The molecule has 0 radical (unpaired) electrons. The Morgan fingerprint density at radius 1 is 0.778 bits per heavy atom. The van der Waals surface area contributed by atoms with Crippen molar-refractivity contribution in [3.63, 3.8) is 0 Å². The van der Waals surface area contributed by atoms with Gasteiger partial charge >= 0.3 is 0 Å². The number of hydrogen-bond donors (Lipinski definition) is 0. The van der Waals surface area contributed by atoms with E-state index in [0.29, 0.717) is 11.8 Å². The summed E-state index contributed by atoms with van der Waals surface area (Å²) in [5, 5.41) is 2.89. The second-order valence-electron chi connectivity index (χ2n) is 15.1. The highest BCUT2D eigenvalue weighted by atomic mass is 15.2. The van der Waals surface area contributed by atoms with Crippen molar-refractivity contribution < 1.29 is 4.57 Å². The molecule has 0 N–H and O–H groups in total. The lowest BCUT2D eigenvalue weighted by Crippen LogP contribution is -2.67. The summed E-state index contributed by atoms with van der Waals surface area (Å²) in [7, 11) is 2.33. The van der Waals surface area contributed by atoms with Crippen LogP contribution in [0.5, 0.6) is 0 Å². The molecule has 234 valence electrons. The minimum Gasteiger partial charge on any atom is -0.343 e. The van der Waals surface area contributed by atoms with E-state index < -0.39 is 0 Å². The van der Waals surface area contributed by atoms with Crippen molar-refractivity contribution in [1.82, 2.24) is 9.13 Å². The molecule has 3 heterocycles. The lowest BCUT2D eigenvalue weighted by atomic mass is 9.61. The Morgan fingerprint density at radius 3 is 2.16 bits per heavy atom. The lowest BCUT2D eigenvalue weighted by Gasteiger charge is -2.47. The summed E-state index contributed by atoms with van der Waals surface area (Å²) in [6.45, 7) is 9.84. The highest BCUT2D eigenvalue weighted by molar-refractivity contribution is 6.10. The van der Waals surface area contributed by atoms with E-state index in [9.17, 15) is 0 Å².